The van der Waals surface area contributed by atoms with Crippen LogP contribution in [0.3, 0.4) is 0 Å². The van der Waals surface area contributed by atoms with Crippen LogP contribution in [0.15, 0.2) is 83.7 Å². The Morgan fingerprint density at radius 3 is 2.38 bits per heavy atom. The van der Waals surface area contributed by atoms with Gasteiger partial charge in [-0.05, 0) is 48.0 Å². The number of hydrogen-bond acceptors (Lipinski definition) is 5. The second-order valence-corrected chi connectivity index (χ2v) is 7.34. The third-order valence-electron chi connectivity index (χ3n) is 4.38. The molecule has 2 N–H and O–H groups in total. The van der Waals surface area contributed by atoms with Crippen LogP contribution in [0, 0.1) is 0 Å². The second-order valence-electron chi connectivity index (χ2n) is 6.93. The van der Waals surface area contributed by atoms with E-state index in [1.54, 1.807) is 48.7 Å². The molecule has 2 amide bonds. The highest BCUT2D eigenvalue weighted by Crippen LogP contribution is 2.17. The van der Waals surface area contributed by atoms with Crippen molar-refractivity contribution in [2.24, 2.45) is 5.10 Å². The molecule has 2 aromatic carbocycles. The Hall–Kier alpha value is -3.97. The van der Waals surface area contributed by atoms with Crippen LogP contribution in [0.25, 0.3) is 6.08 Å². The van der Waals surface area contributed by atoms with Crippen molar-refractivity contribution >= 4 is 41.4 Å². The number of hydrogen-bond donors (Lipinski definition) is 2. The quantitative estimate of drug-likeness (QED) is 0.328. The molecule has 0 saturated heterocycles. The van der Waals surface area contributed by atoms with Gasteiger partial charge in [0.1, 0.15) is 5.70 Å². The molecule has 0 radical (unpaired) electrons. The number of pyridine rings is 1. The van der Waals surface area contributed by atoms with Gasteiger partial charge in [0.15, 0.2) is 0 Å². The molecule has 0 fully saturated rings. The van der Waals surface area contributed by atoms with Gasteiger partial charge in [0, 0.05) is 26.0 Å². The summed E-state index contributed by atoms with van der Waals surface area (Å²) in [6.45, 7) is 0. The zero-order valence-electron chi connectivity index (χ0n) is 17.6. The van der Waals surface area contributed by atoms with Gasteiger partial charge in [-0.15, -0.1) is 0 Å². The molecule has 0 spiro atoms. The van der Waals surface area contributed by atoms with Crippen LogP contribution < -0.4 is 15.6 Å². The predicted octanol–water partition coefficient (Wildman–Crippen LogP) is 3.72. The van der Waals surface area contributed by atoms with Crippen LogP contribution in [0.1, 0.15) is 21.6 Å². The number of hydrazone groups is 1. The Bertz CT molecular complexity index is 1140. The van der Waals surface area contributed by atoms with Gasteiger partial charge in [-0.25, -0.2) is 5.43 Å². The number of nitrogens with one attached hydrogen (secondary N) is 2. The van der Waals surface area contributed by atoms with E-state index in [1.165, 1.54) is 6.21 Å². The van der Waals surface area contributed by atoms with E-state index in [0.717, 1.165) is 11.3 Å². The third kappa shape index (κ3) is 6.26. The summed E-state index contributed by atoms with van der Waals surface area (Å²) in [4.78, 5) is 31.6. The highest BCUT2D eigenvalue weighted by atomic mass is 35.5. The number of nitrogens with zero attached hydrogens (tertiary/aromatic N) is 3. The van der Waals surface area contributed by atoms with Crippen molar-refractivity contribution in [3.63, 3.8) is 0 Å². The SMILES string of the molecule is CN(C)c1ccc(/C=C(/NC(=O)c2ccccc2Cl)C(=O)N/N=C/c2ccccn2)cc1. The van der Waals surface area contributed by atoms with Crippen molar-refractivity contribution in [3.8, 4) is 0 Å². The van der Waals surface area contributed by atoms with Gasteiger partial charge in [0.25, 0.3) is 11.8 Å². The highest BCUT2D eigenvalue weighted by Gasteiger charge is 2.16. The fraction of sp³-hybridized carbons (Fsp3) is 0.0833. The average molecular weight is 448 g/mol. The first-order valence-corrected chi connectivity index (χ1v) is 10.1. The summed E-state index contributed by atoms with van der Waals surface area (Å²) in [5, 5.41) is 6.85. The van der Waals surface area contributed by atoms with E-state index in [9.17, 15) is 9.59 Å². The minimum Gasteiger partial charge on any atom is -0.378 e. The molecule has 0 aliphatic rings. The van der Waals surface area contributed by atoms with Gasteiger partial charge in [-0.1, -0.05) is 41.9 Å². The molecule has 162 valence electrons. The van der Waals surface area contributed by atoms with Gasteiger partial charge in [-0.3, -0.25) is 14.6 Å². The molecular weight excluding hydrogens is 426 g/mol. The molecule has 0 saturated carbocycles. The van der Waals surface area contributed by atoms with Crippen molar-refractivity contribution in [2.45, 2.75) is 0 Å². The second kappa shape index (κ2) is 10.9. The number of amides is 2. The maximum atomic E-state index is 12.8. The van der Waals surface area contributed by atoms with Crippen LogP contribution in [0.2, 0.25) is 5.02 Å². The highest BCUT2D eigenvalue weighted by molar-refractivity contribution is 6.34. The van der Waals surface area contributed by atoms with Gasteiger partial charge >= 0.3 is 0 Å². The Balaban J connectivity index is 1.84. The number of halogens is 1. The number of carbonyl (C=O) groups is 2. The Labute approximate surface area is 191 Å². The zero-order valence-corrected chi connectivity index (χ0v) is 18.4. The first-order chi connectivity index (χ1) is 15.4. The largest absolute Gasteiger partial charge is 0.378 e. The summed E-state index contributed by atoms with van der Waals surface area (Å²) in [7, 11) is 3.88. The number of benzene rings is 2. The number of aromatic nitrogens is 1. The fourth-order valence-electron chi connectivity index (χ4n) is 2.70. The molecule has 7 nitrogen and oxygen atoms in total. The van der Waals surface area contributed by atoms with E-state index >= 15 is 0 Å². The van der Waals surface area contributed by atoms with Gasteiger partial charge < -0.3 is 10.2 Å². The maximum Gasteiger partial charge on any atom is 0.287 e. The lowest BCUT2D eigenvalue weighted by Gasteiger charge is -2.13. The lowest BCUT2D eigenvalue weighted by molar-refractivity contribution is -0.117. The fourth-order valence-corrected chi connectivity index (χ4v) is 2.92. The van der Waals surface area contributed by atoms with Crippen molar-refractivity contribution < 1.29 is 9.59 Å². The van der Waals surface area contributed by atoms with E-state index in [4.69, 9.17) is 11.6 Å². The molecular formula is C24H22ClN5O2. The molecule has 0 bridgehead atoms. The standard InChI is InChI=1S/C24H22ClN5O2/c1-30(2)19-12-10-17(11-13-19)15-22(28-23(31)20-8-3-4-9-21(20)25)24(32)29-27-16-18-7-5-6-14-26-18/h3-16H,1-2H3,(H,28,31)(H,29,32)/b22-15+,27-16+. The van der Waals surface area contributed by atoms with Crippen molar-refractivity contribution in [3.05, 3.63) is 100 Å². The van der Waals surface area contributed by atoms with Gasteiger partial charge in [0.2, 0.25) is 0 Å². The minimum atomic E-state index is -0.589. The van der Waals surface area contributed by atoms with Gasteiger partial charge in [0.05, 0.1) is 22.5 Å². The summed E-state index contributed by atoms with van der Waals surface area (Å²) in [5.74, 6) is -1.09. The number of carbonyl (C=O) groups excluding carboxylic acids is 2. The molecule has 3 aromatic rings. The van der Waals surface area contributed by atoms with Crippen molar-refractivity contribution in [1.29, 1.82) is 0 Å². The smallest absolute Gasteiger partial charge is 0.287 e. The monoisotopic (exact) mass is 447 g/mol. The molecule has 8 heteroatoms. The predicted molar refractivity (Wildman–Crippen MR) is 128 cm³/mol. The van der Waals surface area contributed by atoms with Crippen LogP contribution in [-0.4, -0.2) is 37.1 Å². The lowest BCUT2D eigenvalue weighted by atomic mass is 10.1. The lowest BCUT2D eigenvalue weighted by Crippen LogP contribution is -2.33. The Kier molecular flexibility index (Phi) is 7.72. The summed E-state index contributed by atoms with van der Waals surface area (Å²) >= 11 is 6.12. The van der Waals surface area contributed by atoms with E-state index in [0.29, 0.717) is 5.69 Å². The first kappa shape index (κ1) is 22.7. The van der Waals surface area contributed by atoms with Crippen LogP contribution >= 0.6 is 11.6 Å². The van der Waals surface area contributed by atoms with Crippen molar-refractivity contribution in [1.82, 2.24) is 15.7 Å². The normalized spacial score (nSPS) is 11.3. The molecule has 0 aliphatic heterocycles. The van der Waals surface area contributed by atoms with Crippen LogP contribution in [0.5, 0.6) is 0 Å². The topological polar surface area (TPSA) is 86.7 Å². The number of rotatable bonds is 7. The maximum absolute atomic E-state index is 12.8. The Morgan fingerprint density at radius 1 is 1.00 bits per heavy atom. The molecule has 0 unspecified atom stereocenters. The third-order valence-corrected chi connectivity index (χ3v) is 4.71. The summed E-state index contributed by atoms with van der Waals surface area (Å²) in [5.41, 5.74) is 5.01. The number of anilines is 1. The molecule has 0 aliphatic carbocycles. The summed E-state index contributed by atoms with van der Waals surface area (Å²) in [6.07, 6.45) is 4.60. The molecule has 3 rings (SSSR count). The average Bonchev–Trinajstić information content (AvgIpc) is 2.80. The van der Waals surface area contributed by atoms with E-state index < -0.39 is 11.8 Å². The Morgan fingerprint density at radius 2 is 1.72 bits per heavy atom. The molecule has 32 heavy (non-hydrogen) atoms. The van der Waals surface area contributed by atoms with Crippen molar-refractivity contribution in [2.75, 3.05) is 19.0 Å². The van der Waals surface area contributed by atoms with E-state index in [1.807, 2.05) is 49.3 Å². The molecule has 0 atom stereocenters. The first-order valence-electron chi connectivity index (χ1n) is 9.73. The molecule has 1 heterocycles. The van der Waals surface area contributed by atoms with Crippen LogP contribution in [-0.2, 0) is 4.79 Å². The van der Waals surface area contributed by atoms with Crippen LogP contribution in [0.4, 0.5) is 5.69 Å². The van der Waals surface area contributed by atoms with Gasteiger partial charge in [-0.2, -0.15) is 5.10 Å². The zero-order chi connectivity index (χ0) is 22.9. The van der Waals surface area contributed by atoms with E-state index in [2.05, 4.69) is 20.8 Å². The minimum absolute atomic E-state index is 0.0192. The summed E-state index contributed by atoms with van der Waals surface area (Å²) in [6, 6.07) is 19.5. The summed E-state index contributed by atoms with van der Waals surface area (Å²) < 4.78 is 0. The van der Waals surface area contributed by atoms with E-state index in [-0.39, 0.29) is 16.3 Å². The molecule has 1 aromatic heterocycles.